The minimum Gasteiger partial charge on any atom is -0.151 e. The first-order chi connectivity index (χ1) is 11.8. The highest BCUT2D eigenvalue weighted by molar-refractivity contribution is 4.62. The van der Waals surface area contributed by atoms with Crippen LogP contribution in [0.3, 0.4) is 0 Å². The first-order valence-electron chi connectivity index (χ1n) is 11.2. The number of nitrogens with zero attached hydrogens (tertiary/aromatic N) is 1. The molecule has 0 spiro atoms. The van der Waals surface area contributed by atoms with Crippen molar-refractivity contribution in [3.63, 3.8) is 0 Å². The minimum atomic E-state index is 0.0707. The van der Waals surface area contributed by atoms with Crippen LogP contribution in [0.4, 0.5) is 0 Å². The maximum atomic E-state index is 10.5. The standard InChI is InChI=1S/C22H45NO/c1-3-5-6-7-8-9-10-11-12-13-14-15-16-17-18-19-20-21-22(4-2)23-24/h22H,3-21H2,1-2H3. The third-order valence-corrected chi connectivity index (χ3v) is 5.26. The molecule has 0 aliphatic rings. The lowest BCUT2D eigenvalue weighted by Gasteiger charge is -2.05. The quantitative estimate of drug-likeness (QED) is 0.161. The van der Waals surface area contributed by atoms with E-state index >= 15 is 0 Å². The molecular formula is C22H45NO. The van der Waals surface area contributed by atoms with Crippen LogP contribution in [0.25, 0.3) is 0 Å². The monoisotopic (exact) mass is 339 g/mol. The molecule has 0 radical (unpaired) electrons. The third-order valence-electron chi connectivity index (χ3n) is 5.26. The second kappa shape index (κ2) is 20.6. The Bertz CT molecular complexity index is 242. The molecule has 0 rings (SSSR count). The maximum absolute atomic E-state index is 10.5. The molecular weight excluding hydrogens is 294 g/mol. The molecule has 2 nitrogen and oxygen atoms in total. The number of hydrogen-bond donors (Lipinski definition) is 0. The van der Waals surface area contributed by atoms with Gasteiger partial charge in [-0.3, -0.25) is 0 Å². The predicted octanol–water partition coefficient (Wildman–Crippen LogP) is 8.57. The van der Waals surface area contributed by atoms with Crippen molar-refractivity contribution in [2.24, 2.45) is 5.18 Å². The molecule has 0 saturated heterocycles. The number of unbranched alkanes of at least 4 members (excludes halogenated alkanes) is 16. The Hall–Kier alpha value is -0.400. The second-order valence-corrected chi connectivity index (χ2v) is 7.61. The molecule has 24 heavy (non-hydrogen) atoms. The highest BCUT2D eigenvalue weighted by Crippen LogP contribution is 2.15. The molecule has 0 N–H and O–H groups in total. The van der Waals surface area contributed by atoms with Crippen LogP contribution in [0.1, 0.15) is 136 Å². The molecule has 0 heterocycles. The predicted molar refractivity (Wildman–Crippen MR) is 109 cm³/mol. The van der Waals surface area contributed by atoms with Gasteiger partial charge in [-0.1, -0.05) is 128 Å². The molecule has 0 saturated carbocycles. The van der Waals surface area contributed by atoms with E-state index in [0.717, 1.165) is 12.8 Å². The van der Waals surface area contributed by atoms with Gasteiger partial charge in [-0.2, -0.15) is 4.91 Å². The van der Waals surface area contributed by atoms with Crippen molar-refractivity contribution in [1.29, 1.82) is 0 Å². The van der Waals surface area contributed by atoms with Crippen LogP contribution in [-0.4, -0.2) is 6.04 Å². The molecule has 1 atom stereocenters. The molecule has 0 aliphatic carbocycles. The van der Waals surface area contributed by atoms with Crippen molar-refractivity contribution in [3.05, 3.63) is 4.91 Å². The van der Waals surface area contributed by atoms with Gasteiger partial charge in [-0.05, 0) is 12.8 Å². The first kappa shape index (κ1) is 23.6. The van der Waals surface area contributed by atoms with E-state index in [0.29, 0.717) is 0 Å². The summed E-state index contributed by atoms with van der Waals surface area (Å²) in [5.74, 6) is 0. The molecule has 2 heteroatoms. The molecule has 0 amide bonds. The van der Waals surface area contributed by atoms with Gasteiger partial charge < -0.3 is 0 Å². The molecule has 0 fully saturated rings. The Morgan fingerprint density at radius 2 is 0.875 bits per heavy atom. The van der Waals surface area contributed by atoms with Gasteiger partial charge in [-0.15, -0.1) is 0 Å². The molecule has 0 aliphatic heterocycles. The zero-order valence-corrected chi connectivity index (χ0v) is 16.9. The summed E-state index contributed by atoms with van der Waals surface area (Å²) in [5.41, 5.74) is 0. The Morgan fingerprint density at radius 1 is 0.542 bits per heavy atom. The first-order valence-corrected chi connectivity index (χ1v) is 11.2. The van der Waals surface area contributed by atoms with Crippen LogP contribution in [0.15, 0.2) is 5.18 Å². The van der Waals surface area contributed by atoms with Gasteiger partial charge in [0.15, 0.2) is 0 Å². The van der Waals surface area contributed by atoms with Gasteiger partial charge in [-0.25, -0.2) is 0 Å². The van der Waals surface area contributed by atoms with Gasteiger partial charge in [0.2, 0.25) is 0 Å². The van der Waals surface area contributed by atoms with E-state index in [2.05, 4.69) is 19.0 Å². The lowest BCUT2D eigenvalue weighted by Crippen LogP contribution is -2.00. The van der Waals surface area contributed by atoms with Crippen molar-refractivity contribution in [1.82, 2.24) is 0 Å². The molecule has 1 unspecified atom stereocenters. The highest BCUT2D eigenvalue weighted by atomic mass is 16.3. The lowest BCUT2D eigenvalue weighted by atomic mass is 10.0. The van der Waals surface area contributed by atoms with Crippen molar-refractivity contribution in [2.45, 2.75) is 142 Å². The molecule has 0 bridgehead atoms. The number of rotatable bonds is 20. The Kier molecular flexibility index (Phi) is 20.3. The van der Waals surface area contributed by atoms with Gasteiger partial charge in [0.1, 0.15) is 0 Å². The van der Waals surface area contributed by atoms with E-state index < -0.39 is 0 Å². The fourth-order valence-corrected chi connectivity index (χ4v) is 3.44. The van der Waals surface area contributed by atoms with Crippen LogP contribution < -0.4 is 0 Å². The van der Waals surface area contributed by atoms with Gasteiger partial charge in [0, 0.05) is 0 Å². The zero-order chi connectivity index (χ0) is 17.7. The Labute approximate surface area is 152 Å². The average Bonchev–Trinajstić information content (AvgIpc) is 2.61. The van der Waals surface area contributed by atoms with E-state index in [9.17, 15) is 4.91 Å². The van der Waals surface area contributed by atoms with E-state index in [4.69, 9.17) is 0 Å². The van der Waals surface area contributed by atoms with Crippen LogP contribution in [-0.2, 0) is 0 Å². The SMILES string of the molecule is CCCCCCCCCCCCCCCCCCCC(CC)N=O. The molecule has 144 valence electrons. The second-order valence-electron chi connectivity index (χ2n) is 7.61. The Balaban J connectivity index is 3.04. The number of nitroso groups, excluding NO2 is 1. The lowest BCUT2D eigenvalue weighted by molar-refractivity contribution is 0.508. The Morgan fingerprint density at radius 3 is 1.17 bits per heavy atom. The van der Waals surface area contributed by atoms with E-state index in [1.807, 2.05) is 0 Å². The topological polar surface area (TPSA) is 29.4 Å². The van der Waals surface area contributed by atoms with E-state index in [1.54, 1.807) is 0 Å². The van der Waals surface area contributed by atoms with Gasteiger partial charge >= 0.3 is 0 Å². The summed E-state index contributed by atoms with van der Waals surface area (Å²) in [6.45, 7) is 4.34. The van der Waals surface area contributed by atoms with Crippen molar-refractivity contribution in [2.75, 3.05) is 0 Å². The van der Waals surface area contributed by atoms with E-state index in [-0.39, 0.29) is 6.04 Å². The zero-order valence-electron chi connectivity index (χ0n) is 16.9. The molecule has 0 aromatic rings. The van der Waals surface area contributed by atoms with Gasteiger partial charge in [0.25, 0.3) is 0 Å². The minimum absolute atomic E-state index is 0.0707. The summed E-state index contributed by atoms with van der Waals surface area (Å²) >= 11 is 0. The van der Waals surface area contributed by atoms with Crippen LogP contribution >= 0.6 is 0 Å². The summed E-state index contributed by atoms with van der Waals surface area (Å²) in [7, 11) is 0. The smallest absolute Gasteiger partial charge is 0.0917 e. The summed E-state index contributed by atoms with van der Waals surface area (Å²) < 4.78 is 0. The van der Waals surface area contributed by atoms with E-state index in [1.165, 1.54) is 109 Å². The largest absolute Gasteiger partial charge is 0.151 e. The summed E-state index contributed by atoms with van der Waals surface area (Å²) in [6, 6.07) is 0.0707. The maximum Gasteiger partial charge on any atom is 0.0917 e. The third kappa shape index (κ3) is 17.9. The molecule has 0 aromatic carbocycles. The summed E-state index contributed by atoms with van der Waals surface area (Å²) in [4.78, 5) is 10.5. The molecule has 0 aromatic heterocycles. The van der Waals surface area contributed by atoms with Gasteiger partial charge in [0.05, 0.1) is 6.04 Å². The fourth-order valence-electron chi connectivity index (χ4n) is 3.44. The van der Waals surface area contributed by atoms with Crippen molar-refractivity contribution in [3.8, 4) is 0 Å². The fraction of sp³-hybridized carbons (Fsp3) is 1.00. The number of hydrogen-bond acceptors (Lipinski definition) is 2. The van der Waals surface area contributed by atoms with Crippen LogP contribution in [0, 0.1) is 4.91 Å². The van der Waals surface area contributed by atoms with Crippen LogP contribution in [0.5, 0.6) is 0 Å². The van der Waals surface area contributed by atoms with Crippen molar-refractivity contribution >= 4 is 0 Å². The normalized spacial score (nSPS) is 12.4. The summed E-state index contributed by atoms with van der Waals surface area (Å²) in [5, 5.41) is 3.17. The van der Waals surface area contributed by atoms with Crippen LogP contribution in [0.2, 0.25) is 0 Å². The summed E-state index contributed by atoms with van der Waals surface area (Å²) in [6.07, 6.45) is 25.8. The highest BCUT2D eigenvalue weighted by Gasteiger charge is 2.04. The average molecular weight is 340 g/mol. The van der Waals surface area contributed by atoms with Crippen molar-refractivity contribution < 1.29 is 0 Å².